The molecule has 0 saturated heterocycles. The standard InChI is InChI=1S/C8H4N4OS/c9-5-6(4-8(13)11-12-10)7-2-1-3-14-7/h1-4H/b6-4+. The normalized spacial score (nSPS) is 10.1. The van der Waals surface area contributed by atoms with E-state index in [9.17, 15) is 4.79 Å². The van der Waals surface area contributed by atoms with E-state index in [1.54, 1.807) is 17.5 Å². The maximum Gasteiger partial charge on any atom is 0.243 e. The molecular weight excluding hydrogens is 200 g/mol. The number of azide groups is 1. The molecule has 6 heteroatoms. The van der Waals surface area contributed by atoms with E-state index >= 15 is 0 Å². The number of carbonyl (C=O) groups is 1. The average molecular weight is 204 g/mol. The minimum atomic E-state index is -0.766. The fraction of sp³-hybridized carbons (Fsp3) is 0. The van der Waals surface area contributed by atoms with Gasteiger partial charge in [-0.1, -0.05) is 6.07 Å². The molecule has 1 heterocycles. The Balaban J connectivity index is 3.00. The van der Waals surface area contributed by atoms with Crippen LogP contribution < -0.4 is 0 Å². The van der Waals surface area contributed by atoms with Crippen LogP contribution in [0.1, 0.15) is 4.88 Å². The molecule has 0 N–H and O–H groups in total. The number of thiophene rings is 1. The first-order valence-electron chi connectivity index (χ1n) is 3.52. The highest BCUT2D eigenvalue weighted by molar-refractivity contribution is 7.11. The Morgan fingerprint density at radius 2 is 2.57 bits per heavy atom. The molecule has 1 rings (SSSR count). The number of hydrogen-bond acceptors (Lipinski definition) is 3. The topological polar surface area (TPSA) is 89.6 Å². The molecule has 0 spiro atoms. The first kappa shape index (κ1) is 9.99. The maximum absolute atomic E-state index is 10.9. The molecule has 68 valence electrons. The smallest absolute Gasteiger partial charge is 0.243 e. The van der Waals surface area contributed by atoms with Gasteiger partial charge >= 0.3 is 0 Å². The van der Waals surface area contributed by atoms with Gasteiger partial charge in [-0.2, -0.15) is 5.26 Å². The highest BCUT2D eigenvalue weighted by Crippen LogP contribution is 2.19. The van der Waals surface area contributed by atoms with Crippen LogP contribution in [0.4, 0.5) is 0 Å². The molecule has 0 aliphatic carbocycles. The van der Waals surface area contributed by atoms with Gasteiger partial charge in [-0.25, -0.2) is 0 Å². The lowest BCUT2D eigenvalue weighted by molar-refractivity contribution is -0.113. The summed E-state index contributed by atoms with van der Waals surface area (Å²) >= 11 is 1.34. The van der Waals surface area contributed by atoms with E-state index in [-0.39, 0.29) is 5.57 Å². The summed E-state index contributed by atoms with van der Waals surface area (Å²) in [5, 5.41) is 13.3. The lowest BCUT2D eigenvalue weighted by Crippen LogP contribution is -1.86. The number of carbonyl (C=O) groups excluding carboxylic acids is 1. The summed E-state index contributed by atoms with van der Waals surface area (Å²) in [5.74, 6) is -0.766. The predicted octanol–water partition coefficient (Wildman–Crippen LogP) is 2.49. The molecule has 0 aromatic carbocycles. The summed E-state index contributed by atoms with van der Waals surface area (Å²) in [6, 6.07) is 5.34. The van der Waals surface area contributed by atoms with Gasteiger partial charge in [0.1, 0.15) is 6.07 Å². The van der Waals surface area contributed by atoms with Crippen molar-refractivity contribution >= 4 is 22.8 Å². The van der Waals surface area contributed by atoms with Gasteiger partial charge in [0.15, 0.2) is 0 Å². The van der Waals surface area contributed by atoms with Crippen LogP contribution in [-0.4, -0.2) is 5.91 Å². The Hall–Kier alpha value is -2.09. The molecule has 14 heavy (non-hydrogen) atoms. The average Bonchev–Trinajstić information content (AvgIpc) is 2.67. The fourth-order valence-electron chi connectivity index (χ4n) is 0.787. The summed E-state index contributed by atoms with van der Waals surface area (Å²) in [5.41, 5.74) is 8.19. The fourth-order valence-corrected chi connectivity index (χ4v) is 1.48. The summed E-state index contributed by atoms with van der Waals surface area (Å²) in [6.07, 6.45) is 1.02. The van der Waals surface area contributed by atoms with Crippen LogP contribution in [0.15, 0.2) is 28.7 Å². The second kappa shape index (κ2) is 4.82. The lowest BCUT2D eigenvalue weighted by atomic mass is 10.2. The van der Waals surface area contributed by atoms with Crippen molar-refractivity contribution in [2.45, 2.75) is 0 Å². The second-order valence-electron chi connectivity index (χ2n) is 2.17. The van der Waals surface area contributed by atoms with Crippen molar-refractivity contribution in [3.05, 3.63) is 38.9 Å². The largest absolute Gasteiger partial charge is 0.288 e. The van der Waals surface area contributed by atoms with Crippen LogP contribution in [0.3, 0.4) is 0 Å². The maximum atomic E-state index is 10.9. The Bertz CT molecular complexity index is 448. The molecular formula is C8H4N4OS. The first-order chi connectivity index (χ1) is 6.77. The Labute approximate surface area is 83.5 Å². The van der Waals surface area contributed by atoms with Gasteiger partial charge in [0.2, 0.25) is 5.91 Å². The number of amides is 1. The first-order valence-corrected chi connectivity index (χ1v) is 4.40. The molecule has 0 atom stereocenters. The zero-order chi connectivity index (χ0) is 10.4. The van der Waals surface area contributed by atoms with E-state index in [1.807, 2.05) is 6.07 Å². The SMILES string of the molecule is N#C/C(=C\C(=O)N=[N+]=[N-])c1cccs1. The number of nitriles is 1. The molecule has 0 radical (unpaired) electrons. The molecule has 0 aliphatic heterocycles. The van der Waals surface area contributed by atoms with Gasteiger partial charge in [-0.3, -0.25) is 4.79 Å². The number of rotatable bonds is 2. The van der Waals surface area contributed by atoms with Crippen LogP contribution in [-0.2, 0) is 4.79 Å². The summed E-state index contributed by atoms with van der Waals surface area (Å²) in [7, 11) is 0. The molecule has 0 fully saturated rings. The monoisotopic (exact) mass is 204 g/mol. The molecule has 0 aliphatic rings. The predicted molar refractivity (Wildman–Crippen MR) is 52.1 cm³/mol. The van der Waals surface area contributed by atoms with Crippen molar-refractivity contribution < 1.29 is 4.79 Å². The van der Waals surface area contributed by atoms with Crippen molar-refractivity contribution in [1.29, 1.82) is 5.26 Å². The highest BCUT2D eigenvalue weighted by Gasteiger charge is 2.03. The third-order valence-corrected chi connectivity index (χ3v) is 2.22. The van der Waals surface area contributed by atoms with Crippen LogP contribution in [0.5, 0.6) is 0 Å². The van der Waals surface area contributed by atoms with Gasteiger partial charge < -0.3 is 0 Å². The van der Waals surface area contributed by atoms with Gasteiger partial charge in [-0.15, -0.1) is 11.3 Å². The summed E-state index contributed by atoms with van der Waals surface area (Å²) in [4.78, 5) is 13.9. The van der Waals surface area contributed by atoms with Crippen LogP contribution in [0.25, 0.3) is 16.0 Å². The van der Waals surface area contributed by atoms with Crippen LogP contribution >= 0.6 is 11.3 Å². The second-order valence-corrected chi connectivity index (χ2v) is 3.12. The molecule has 1 aromatic heterocycles. The van der Waals surface area contributed by atoms with E-state index in [1.165, 1.54) is 11.3 Å². The number of hydrogen-bond donors (Lipinski definition) is 0. The molecule has 5 nitrogen and oxygen atoms in total. The van der Waals surface area contributed by atoms with Gasteiger partial charge in [-0.05, 0) is 22.1 Å². The minimum Gasteiger partial charge on any atom is -0.288 e. The third-order valence-electron chi connectivity index (χ3n) is 1.32. The van der Waals surface area contributed by atoms with Crippen molar-refractivity contribution in [3.63, 3.8) is 0 Å². The van der Waals surface area contributed by atoms with Gasteiger partial charge in [0.05, 0.1) is 5.57 Å². The Kier molecular flexibility index (Phi) is 3.44. The van der Waals surface area contributed by atoms with E-state index < -0.39 is 5.91 Å². The van der Waals surface area contributed by atoms with Gasteiger partial charge in [0.25, 0.3) is 0 Å². The van der Waals surface area contributed by atoms with Crippen LogP contribution in [0, 0.1) is 11.3 Å². The van der Waals surface area contributed by atoms with E-state index in [0.29, 0.717) is 4.88 Å². The zero-order valence-corrected chi connectivity index (χ0v) is 7.73. The van der Waals surface area contributed by atoms with Crippen LogP contribution in [0.2, 0.25) is 0 Å². The molecule has 1 amide bonds. The van der Waals surface area contributed by atoms with Crippen molar-refractivity contribution in [1.82, 2.24) is 0 Å². The van der Waals surface area contributed by atoms with Crippen molar-refractivity contribution in [2.75, 3.05) is 0 Å². The highest BCUT2D eigenvalue weighted by atomic mass is 32.1. The molecule has 0 saturated carbocycles. The number of nitrogens with zero attached hydrogens (tertiary/aromatic N) is 4. The Morgan fingerprint density at radius 1 is 1.79 bits per heavy atom. The minimum absolute atomic E-state index is 0.206. The molecule has 0 unspecified atom stereocenters. The van der Waals surface area contributed by atoms with Gasteiger partial charge in [0, 0.05) is 15.9 Å². The molecule has 1 aromatic rings. The van der Waals surface area contributed by atoms with E-state index in [4.69, 9.17) is 10.8 Å². The molecule has 0 bridgehead atoms. The lowest BCUT2D eigenvalue weighted by Gasteiger charge is -1.89. The van der Waals surface area contributed by atoms with E-state index in [2.05, 4.69) is 10.0 Å². The zero-order valence-electron chi connectivity index (χ0n) is 6.91. The Morgan fingerprint density at radius 3 is 3.07 bits per heavy atom. The summed E-state index contributed by atoms with van der Waals surface area (Å²) in [6.45, 7) is 0. The van der Waals surface area contributed by atoms with E-state index in [0.717, 1.165) is 6.08 Å². The summed E-state index contributed by atoms with van der Waals surface area (Å²) < 4.78 is 0. The van der Waals surface area contributed by atoms with Crippen molar-refractivity contribution in [3.8, 4) is 6.07 Å². The number of allylic oxidation sites excluding steroid dienone is 1. The third kappa shape index (κ3) is 2.45. The quantitative estimate of drug-likeness (QED) is 0.243. The van der Waals surface area contributed by atoms with Crippen molar-refractivity contribution in [2.24, 2.45) is 5.11 Å².